The van der Waals surface area contributed by atoms with Crippen LogP contribution < -0.4 is 10.1 Å². The first-order valence-corrected chi connectivity index (χ1v) is 6.70. The van der Waals surface area contributed by atoms with Crippen LogP contribution in [-0.4, -0.2) is 29.2 Å². The van der Waals surface area contributed by atoms with Crippen molar-refractivity contribution in [1.82, 2.24) is 0 Å². The molecule has 0 bridgehead atoms. The van der Waals surface area contributed by atoms with Crippen molar-refractivity contribution in [3.63, 3.8) is 0 Å². The standard InChI is InChI=1S/C17H15NO5/c1-23-14-8-4-5-11(16(14)20)9-10-15(19)18-13-7-3-2-6-12(13)17(21)22/h2-10,20H,1H3,(H,18,19)(H,21,22)/b10-9+. The number of phenolic OH excluding ortho intramolecular Hbond substituents is 1. The molecule has 0 aromatic heterocycles. The van der Waals surface area contributed by atoms with E-state index in [-0.39, 0.29) is 17.0 Å². The van der Waals surface area contributed by atoms with Crippen molar-refractivity contribution in [3.05, 3.63) is 59.7 Å². The monoisotopic (exact) mass is 313 g/mol. The van der Waals surface area contributed by atoms with Gasteiger partial charge >= 0.3 is 5.97 Å². The van der Waals surface area contributed by atoms with Crippen LogP contribution in [0.1, 0.15) is 15.9 Å². The lowest BCUT2D eigenvalue weighted by molar-refractivity contribution is -0.111. The van der Waals surface area contributed by atoms with E-state index in [2.05, 4.69) is 5.32 Å². The SMILES string of the molecule is COc1cccc(/C=C/C(=O)Nc2ccccc2C(=O)O)c1O. The maximum absolute atomic E-state index is 11.9. The van der Waals surface area contributed by atoms with Gasteiger partial charge in [0.05, 0.1) is 18.4 Å². The van der Waals surface area contributed by atoms with Crippen molar-refractivity contribution < 1.29 is 24.5 Å². The van der Waals surface area contributed by atoms with E-state index < -0.39 is 11.9 Å². The molecule has 2 aromatic rings. The molecule has 0 saturated heterocycles. The third kappa shape index (κ3) is 3.88. The van der Waals surface area contributed by atoms with Gasteiger partial charge in [-0.25, -0.2) is 4.79 Å². The minimum Gasteiger partial charge on any atom is -0.504 e. The molecule has 6 nitrogen and oxygen atoms in total. The predicted octanol–water partition coefficient (Wildman–Crippen LogP) is 2.75. The number of carboxylic acids is 1. The molecule has 1 amide bonds. The van der Waals surface area contributed by atoms with Crippen LogP contribution in [0.15, 0.2) is 48.5 Å². The second kappa shape index (κ2) is 7.13. The number of hydrogen-bond acceptors (Lipinski definition) is 4. The zero-order valence-electron chi connectivity index (χ0n) is 12.3. The molecule has 0 aliphatic rings. The van der Waals surface area contributed by atoms with Crippen LogP contribution in [0.25, 0.3) is 6.08 Å². The normalized spacial score (nSPS) is 10.5. The number of aromatic hydroxyl groups is 1. The Morgan fingerprint density at radius 1 is 1.13 bits per heavy atom. The number of methoxy groups -OCH3 is 1. The average molecular weight is 313 g/mol. The van der Waals surface area contributed by atoms with E-state index in [4.69, 9.17) is 9.84 Å². The van der Waals surface area contributed by atoms with Crippen LogP contribution in [0.3, 0.4) is 0 Å². The summed E-state index contributed by atoms with van der Waals surface area (Å²) in [7, 11) is 1.43. The van der Waals surface area contributed by atoms with E-state index in [9.17, 15) is 14.7 Å². The van der Waals surface area contributed by atoms with Gasteiger partial charge in [0, 0.05) is 11.6 Å². The molecule has 0 atom stereocenters. The maximum Gasteiger partial charge on any atom is 0.337 e. The molecule has 2 rings (SSSR count). The van der Waals surface area contributed by atoms with Gasteiger partial charge in [0.1, 0.15) is 0 Å². The summed E-state index contributed by atoms with van der Waals surface area (Å²) < 4.78 is 4.98. The van der Waals surface area contributed by atoms with Crippen LogP contribution in [0.4, 0.5) is 5.69 Å². The van der Waals surface area contributed by atoms with Crippen LogP contribution >= 0.6 is 0 Å². The maximum atomic E-state index is 11.9. The minimum absolute atomic E-state index is 0.00141. The van der Waals surface area contributed by atoms with Gasteiger partial charge in [-0.15, -0.1) is 0 Å². The first-order chi connectivity index (χ1) is 11.0. The third-order valence-corrected chi connectivity index (χ3v) is 3.08. The Balaban J connectivity index is 2.16. The molecule has 118 valence electrons. The summed E-state index contributed by atoms with van der Waals surface area (Å²) in [4.78, 5) is 23.0. The van der Waals surface area contributed by atoms with E-state index in [0.717, 1.165) is 0 Å². The fourth-order valence-electron chi connectivity index (χ4n) is 1.96. The summed E-state index contributed by atoms with van der Waals surface area (Å²) in [5.41, 5.74) is 0.606. The highest BCUT2D eigenvalue weighted by atomic mass is 16.5. The third-order valence-electron chi connectivity index (χ3n) is 3.08. The van der Waals surface area contributed by atoms with E-state index >= 15 is 0 Å². The number of aromatic carboxylic acids is 1. The van der Waals surface area contributed by atoms with Gasteiger partial charge in [-0.3, -0.25) is 4.79 Å². The molecule has 0 saturated carbocycles. The fourth-order valence-corrected chi connectivity index (χ4v) is 1.96. The molecule has 6 heteroatoms. The Morgan fingerprint density at radius 2 is 1.87 bits per heavy atom. The number of ether oxygens (including phenoxy) is 1. The van der Waals surface area contributed by atoms with Gasteiger partial charge in [0.2, 0.25) is 5.91 Å². The number of rotatable bonds is 5. The van der Waals surface area contributed by atoms with Crippen molar-refractivity contribution in [1.29, 1.82) is 0 Å². The number of benzene rings is 2. The van der Waals surface area contributed by atoms with E-state index in [1.165, 1.54) is 31.4 Å². The van der Waals surface area contributed by atoms with Crippen molar-refractivity contribution in [2.45, 2.75) is 0 Å². The molecule has 0 aliphatic carbocycles. The first-order valence-electron chi connectivity index (χ1n) is 6.70. The number of amides is 1. The van der Waals surface area contributed by atoms with Gasteiger partial charge < -0.3 is 20.3 Å². The summed E-state index contributed by atoms with van der Waals surface area (Å²) in [6.07, 6.45) is 2.61. The van der Waals surface area contributed by atoms with E-state index in [0.29, 0.717) is 11.3 Å². The number of carboxylic acid groups (broad SMARTS) is 1. The molecule has 23 heavy (non-hydrogen) atoms. The van der Waals surface area contributed by atoms with Crippen LogP contribution in [0.5, 0.6) is 11.5 Å². The number of hydrogen-bond donors (Lipinski definition) is 3. The summed E-state index contributed by atoms with van der Waals surface area (Å²) in [6, 6.07) is 11.0. The number of carbonyl (C=O) groups is 2. The van der Waals surface area contributed by atoms with Crippen molar-refractivity contribution in [2.75, 3.05) is 12.4 Å². The lowest BCUT2D eigenvalue weighted by Crippen LogP contribution is -2.11. The summed E-state index contributed by atoms with van der Waals surface area (Å²) in [5, 5.41) is 21.5. The predicted molar refractivity (Wildman–Crippen MR) is 85.7 cm³/mol. The second-order valence-corrected chi connectivity index (χ2v) is 4.57. The van der Waals surface area contributed by atoms with Gasteiger partial charge in [-0.1, -0.05) is 24.3 Å². The zero-order chi connectivity index (χ0) is 16.8. The van der Waals surface area contributed by atoms with E-state index in [1.807, 2.05) is 0 Å². The number of phenols is 1. The molecule has 0 radical (unpaired) electrons. The highest BCUT2D eigenvalue weighted by Crippen LogP contribution is 2.30. The van der Waals surface area contributed by atoms with E-state index in [1.54, 1.807) is 30.3 Å². The fraction of sp³-hybridized carbons (Fsp3) is 0.0588. The van der Waals surface area contributed by atoms with Gasteiger partial charge in [0.25, 0.3) is 0 Å². The largest absolute Gasteiger partial charge is 0.504 e. The number of anilines is 1. The molecular weight excluding hydrogens is 298 g/mol. The minimum atomic E-state index is -1.13. The summed E-state index contributed by atoms with van der Waals surface area (Å²) >= 11 is 0. The molecular formula is C17H15NO5. The summed E-state index contributed by atoms with van der Waals surface area (Å²) in [6.45, 7) is 0. The number of nitrogens with one attached hydrogen (secondary N) is 1. The number of para-hydroxylation sites is 2. The second-order valence-electron chi connectivity index (χ2n) is 4.57. The molecule has 2 aromatic carbocycles. The molecule has 3 N–H and O–H groups in total. The lowest BCUT2D eigenvalue weighted by atomic mass is 10.1. The highest BCUT2D eigenvalue weighted by Gasteiger charge is 2.10. The molecule has 0 aliphatic heterocycles. The highest BCUT2D eigenvalue weighted by molar-refractivity contribution is 6.06. The van der Waals surface area contributed by atoms with Crippen LogP contribution in [0, 0.1) is 0 Å². The molecule has 0 fully saturated rings. The average Bonchev–Trinajstić information content (AvgIpc) is 2.54. The van der Waals surface area contributed by atoms with Crippen molar-refractivity contribution >= 4 is 23.6 Å². The molecule has 0 spiro atoms. The lowest BCUT2D eigenvalue weighted by Gasteiger charge is -2.07. The summed E-state index contributed by atoms with van der Waals surface area (Å²) in [5.74, 6) is -1.43. The first kappa shape index (κ1) is 16.1. The quantitative estimate of drug-likeness (QED) is 0.738. The van der Waals surface area contributed by atoms with Crippen molar-refractivity contribution in [3.8, 4) is 11.5 Å². The Morgan fingerprint density at radius 3 is 2.57 bits per heavy atom. The van der Waals surface area contributed by atoms with Gasteiger partial charge in [-0.2, -0.15) is 0 Å². The van der Waals surface area contributed by atoms with Gasteiger partial charge in [0.15, 0.2) is 11.5 Å². The van der Waals surface area contributed by atoms with Crippen molar-refractivity contribution in [2.24, 2.45) is 0 Å². The van der Waals surface area contributed by atoms with Crippen LogP contribution in [0.2, 0.25) is 0 Å². The smallest absolute Gasteiger partial charge is 0.337 e. The van der Waals surface area contributed by atoms with Crippen LogP contribution in [-0.2, 0) is 4.79 Å². The zero-order valence-corrected chi connectivity index (χ0v) is 12.3. The Labute approximate surface area is 132 Å². The topological polar surface area (TPSA) is 95.9 Å². The Hall–Kier alpha value is -3.28. The Bertz CT molecular complexity index is 767. The molecule has 0 heterocycles. The molecule has 0 unspecified atom stereocenters. The number of carbonyl (C=O) groups excluding carboxylic acids is 1. The Kier molecular flexibility index (Phi) is 4.99. The van der Waals surface area contributed by atoms with Gasteiger partial charge in [-0.05, 0) is 24.3 Å².